The maximum atomic E-state index is 4.55. The predicted molar refractivity (Wildman–Crippen MR) is 150 cm³/mol. The van der Waals surface area contributed by atoms with Crippen LogP contribution >= 0.6 is 0 Å². The van der Waals surface area contributed by atoms with Gasteiger partial charge in [0.25, 0.3) is 0 Å². The number of hydrogen-bond donors (Lipinski definition) is 0. The van der Waals surface area contributed by atoms with Gasteiger partial charge in [-0.2, -0.15) is 0 Å². The molecule has 7 rings (SSSR count). The summed E-state index contributed by atoms with van der Waals surface area (Å²) in [5, 5.41) is 1.94. The molecule has 6 heteroatoms. The normalized spacial score (nSPS) is 11.2. The highest BCUT2D eigenvalue weighted by Gasteiger charge is 2.12. The third kappa shape index (κ3) is 3.94. The van der Waals surface area contributed by atoms with E-state index in [1.807, 2.05) is 48.5 Å². The van der Waals surface area contributed by atoms with E-state index in [0.29, 0.717) is 0 Å². The molecule has 0 radical (unpaired) electrons. The molecule has 0 atom stereocenters. The van der Waals surface area contributed by atoms with Crippen molar-refractivity contribution in [3.8, 4) is 45.0 Å². The molecule has 0 aliphatic heterocycles. The predicted octanol–water partition coefficient (Wildman–Crippen LogP) is 7.03. The molecule has 4 heterocycles. The Morgan fingerprint density at radius 3 is 1.34 bits per heavy atom. The standard InChI is InChI=1S/C32H20N6/c1-3-14-33-29(8-1)31-25-17-23(10-12-27(25)35-19-37-31)21-6-5-7-22(16-21)24-11-13-28-26(18-24)32(38-20-36-28)30-9-2-4-15-34-30/h1-20H. The van der Waals surface area contributed by atoms with Crippen molar-refractivity contribution < 1.29 is 0 Å². The molecule has 0 fully saturated rings. The Kier molecular flexibility index (Phi) is 5.33. The average molecular weight is 489 g/mol. The highest BCUT2D eigenvalue weighted by Crippen LogP contribution is 2.33. The molecular weight excluding hydrogens is 468 g/mol. The van der Waals surface area contributed by atoms with Crippen molar-refractivity contribution in [2.45, 2.75) is 0 Å². The molecule has 3 aromatic carbocycles. The van der Waals surface area contributed by atoms with E-state index < -0.39 is 0 Å². The van der Waals surface area contributed by atoms with Gasteiger partial charge >= 0.3 is 0 Å². The van der Waals surface area contributed by atoms with E-state index in [2.05, 4.69) is 78.4 Å². The Balaban J connectivity index is 1.33. The van der Waals surface area contributed by atoms with E-state index in [9.17, 15) is 0 Å². The zero-order chi connectivity index (χ0) is 25.3. The second-order valence-corrected chi connectivity index (χ2v) is 8.92. The molecule has 4 aromatic heterocycles. The SMILES string of the molecule is c1ccc(-c2ncnc3ccc(-c4cccc(-c5ccc6ncnc(-c7ccccn7)c6c5)c4)cc23)nc1. The van der Waals surface area contributed by atoms with Gasteiger partial charge in [-0.15, -0.1) is 0 Å². The van der Waals surface area contributed by atoms with Crippen LogP contribution in [0.4, 0.5) is 0 Å². The minimum Gasteiger partial charge on any atom is -0.255 e. The Morgan fingerprint density at radius 1 is 0.368 bits per heavy atom. The number of nitrogens with zero attached hydrogens (tertiary/aromatic N) is 6. The summed E-state index contributed by atoms with van der Waals surface area (Å²) >= 11 is 0. The van der Waals surface area contributed by atoms with E-state index in [1.165, 1.54) is 0 Å². The number of fused-ring (bicyclic) bond motifs is 2. The summed E-state index contributed by atoms with van der Waals surface area (Å²) in [6, 6.07) is 32.8. The fourth-order valence-electron chi connectivity index (χ4n) is 4.76. The molecule has 6 nitrogen and oxygen atoms in total. The lowest BCUT2D eigenvalue weighted by molar-refractivity contribution is 1.20. The summed E-state index contributed by atoms with van der Waals surface area (Å²) in [6.07, 6.45) is 6.75. The fraction of sp³-hybridized carbons (Fsp3) is 0. The molecule has 38 heavy (non-hydrogen) atoms. The smallest absolute Gasteiger partial charge is 0.116 e. The van der Waals surface area contributed by atoms with Gasteiger partial charge < -0.3 is 0 Å². The summed E-state index contributed by atoms with van der Waals surface area (Å²) in [7, 11) is 0. The average Bonchev–Trinajstić information content (AvgIpc) is 3.01. The van der Waals surface area contributed by atoms with E-state index in [-0.39, 0.29) is 0 Å². The number of hydrogen-bond acceptors (Lipinski definition) is 6. The summed E-state index contributed by atoms with van der Waals surface area (Å²) in [5.74, 6) is 0. The molecule has 0 N–H and O–H groups in total. The van der Waals surface area contributed by atoms with Crippen LogP contribution in [0.15, 0.2) is 122 Å². The number of aromatic nitrogens is 6. The lowest BCUT2D eigenvalue weighted by Crippen LogP contribution is -1.92. The Labute approximate surface area is 218 Å². The molecule has 0 saturated carbocycles. The van der Waals surface area contributed by atoms with Gasteiger partial charge in [0.2, 0.25) is 0 Å². The maximum Gasteiger partial charge on any atom is 0.116 e. The van der Waals surface area contributed by atoms with Crippen molar-refractivity contribution >= 4 is 21.8 Å². The largest absolute Gasteiger partial charge is 0.255 e. The van der Waals surface area contributed by atoms with E-state index in [1.54, 1.807) is 25.0 Å². The highest BCUT2D eigenvalue weighted by atomic mass is 14.9. The van der Waals surface area contributed by atoms with Crippen molar-refractivity contribution in [3.05, 3.63) is 122 Å². The van der Waals surface area contributed by atoms with Gasteiger partial charge in [-0.1, -0.05) is 42.5 Å². The topological polar surface area (TPSA) is 77.3 Å². The zero-order valence-corrected chi connectivity index (χ0v) is 20.2. The highest BCUT2D eigenvalue weighted by molar-refractivity contribution is 5.96. The van der Waals surface area contributed by atoms with Crippen molar-refractivity contribution in [2.24, 2.45) is 0 Å². The Morgan fingerprint density at radius 2 is 0.868 bits per heavy atom. The van der Waals surface area contributed by atoms with Gasteiger partial charge in [-0.3, -0.25) is 9.97 Å². The molecule has 178 valence electrons. The van der Waals surface area contributed by atoms with Crippen LogP contribution in [0.5, 0.6) is 0 Å². The fourth-order valence-corrected chi connectivity index (χ4v) is 4.76. The van der Waals surface area contributed by atoms with Crippen LogP contribution in [0.3, 0.4) is 0 Å². The van der Waals surface area contributed by atoms with Gasteiger partial charge in [0, 0.05) is 23.2 Å². The quantitative estimate of drug-likeness (QED) is 0.265. The van der Waals surface area contributed by atoms with Gasteiger partial charge in [-0.05, 0) is 76.9 Å². The first kappa shape index (κ1) is 21.9. The van der Waals surface area contributed by atoms with Crippen LogP contribution in [0.25, 0.3) is 66.8 Å². The molecule has 0 spiro atoms. The second kappa shape index (κ2) is 9.26. The van der Waals surface area contributed by atoms with Crippen LogP contribution < -0.4 is 0 Å². The third-order valence-electron chi connectivity index (χ3n) is 6.61. The van der Waals surface area contributed by atoms with Crippen LogP contribution in [0.1, 0.15) is 0 Å². The van der Waals surface area contributed by atoms with Crippen LogP contribution in [-0.4, -0.2) is 29.9 Å². The van der Waals surface area contributed by atoms with Gasteiger partial charge in [0.1, 0.15) is 12.7 Å². The summed E-state index contributed by atoms with van der Waals surface area (Å²) in [4.78, 5) is 27.1. The lowest BCUT2D eigenvalue weighted by atomic mass is 9.96. The van der Waals surface area contributed by atoms with Crippen molar-refractivity contribution in [2.75, 3.05) is 0 Å². The van der Waals surface area contributed by atoms with Crippen molar-refractivity contribution in [1.82, 2.24) is 29.9 Å². The molecule has 0 aliphatic carbocycles. The van der Waals surface area contributed by atoms with E-state index in [4.69, 9.17) is 0 Å². The van der Waals surface area contributed by atoms with E-state index >= 15 is 0 Å². The zero-order valence-electron chi connectivity index (χ0n) is 20.2. The Hall–Kier alpha value is -5.36. The molecule has 7 aromatic rings. The monoisotopic (exact) mass is 488 g/mol. The van der Waals surface area contributed by atoms with Gasteiger partial charge in [0.05, 0.1) is 33.8 Å². The first-order valence-corrected chi connectivity index (χ1v) is 12.3. The Bertz CT molecular complexity index is 1780. The van der Waals surface area contributed by atoms with Crippen LogP contribution in [0, 0.1) is 0 Å². The number of rotatable bonds is 4. The van der Waals surface area contributed by atoms with Crippen LogP contribution in [0.2, 0.25) is 0 Å². The van der Waals surface area contributed by atoms with Gasteiger partial charge in [-0.25, -0.2) is 19.9 Å². The second-order valence-electron chi connectivity index (χ2n) is 8.92. The maximum absolute atomic E-state index is 4.55. The van der Waals surface area contributed by atoms with Gasteiger partial charge in [0.15, 0.2) is 0 Å². The molecule has 0 bridgehead atoms. The van der Waals surface area contributed by atoms with Crippen LogP contribution in [-0.2, 0) is 0 Å². The number of pyridine rings is 2. The third-order valence-corrected chi connectivity index (χ3v) is 6.61. The summed E-state index contributed by atoms with van der Waals surface area (Å²) in [5.41, 5.74) is 9.46. The molecule has 0 amide bonds. The summed E-state index contributed by atoms with van der Waals surface area (Å²) < 4.78 is 0. The van der Waals surface area contributed by atoms with Crippen molar-refractivity contribution in [1.29, 1.82) is 0 Å². The molecular formula is C32H20N6. The molecule has 0 unspecified atom stereocenters. The number of benzene rings is 3. The lowest BCUT2D eigenvalue weighted by Gasteiger charge is -2.10. The first-order valence-electron chi connectivity index (χ1n) is 12.3. The minimum absolute atomic E-state index is 0.824. The van der Waals surface area contributed by atoms with Crippen molar-refractivity contribution in [3.63, 3.8) is 0 Å². The van der Waals surface area contributed by atoms with E-state index in [0.717, 1.165) is 66.8 Å². The molecule has 0 aliphatic rings. The first-order chi connectivity index (χ1) is 18.8. The summed E-state index contributed by atoms with van der Waals surface area (Å²) in [6.45, 7) is 0. The minimum atomic E-state index is 0.824. The molecule has 0 saturated heterocycles.